The van der Waals surface area contributed by atoms with Gasteiger partial charge >= 0.3 is 0 Å². The van der Waals surface area contributed by atoms with Gasteiger partial charge in [-0.25, -0.2) is 9.97 Å². The van der Waals surface area contributed by atoms with Gasteiger partial charge in [-0.05, 0) is 48.5 Å². The monoisotopic (exact) mass is 288 g/mol. The summed E-state index contributed by atoms with van der Waals surface area (Å²) in [7, 11) is 0. The highest BCUT2D eigenvalue weighted by Gasteiger charge is 2.05. The highest BCUT2D eigenvalue weighted by atomic mass is 16.3. The van der Waals surface area contributed by atoms with Crippen molar-refractivity contribution in [2.45, 2.75) is 0 Å². The van der Waals surface area contributed by atoms with Crippen molar-refractivity contribution in [3.8, 4) is 22.9 Å². The van der Waals surface area contributed by atoms with Crippen molar-refractivity contribution in [1.82, 2.24) is 9.97 Å². The molecule has 4 heteroatoms. The van der Waals surface area contributed by atoms with Gasteiger partial charge in [0.25, 0.3) is 0 Å². The van der Waals surface area contributed by atoms with Crippen molar-refractivity contribution < 1.29 is 10.2 Å². The van der Waals surface area contributed by atoms with Gasteiger partial charge in [-0.1, -0.05) is 12.1 Å². The van der Waals surface area contributed by atoms with Crippen molar-refractivity contribution in [2.75, 3.05) is 0 Å². The Morgan fingerprint density at radius 3 is 1.45 bits per heavy atom. The number of phenols is 2. The van der Waals surface area contributed by atoms with E-state index in [1.54, 1.807) is 36.4 Å². The van der Waals surface area contributed by atoms with Crippen LogP contribution in [-0.4, -0.2) is 20.2 Å². The molecule has 0 saturated carbocycles. The smallest absolute Gasteiger partial charge is 0.116 e. The summed E-state index contributed by atoms with van der Waals surface area (Å²) in [6.45, 7) is 0. The molecule has 0 atom stereocenters. The summed E-state index contributed by atoms with van der Waals surface area (Å²) in [5.74, 6) is 0.455. The number of aromatic hydroxyl groups is 2. The fourth-order valence-electron chi connectivity index (χ4n) is 2.51. The second kappa shape index (κ2) is 4.70. The maximum Gasteiger partial charge on any atom is 0.116 e. The molecule has 22 heavy (non-hydrogen) atoms. The van der Waals surface area contributed by atoms with Crippen molar-refractivity contribution in [3.63, 3.8) is 0 Å². The standard InChI is InChI=1S/C18H12N2O2/c21-13-3-7-15-11(9-13)1-5-17(19-15)18-6-2-12-10-14(22)4-8-16(12)20-18/h1-10,21-22H. The molecule has 0 aliphatic rings. The maximum atomic E-state index is 9.50. The zero-order chi connectivity index (χ0) is 15.1. The van der Waals surface area contributed by atoms with Crippen LogP contribution in [0.3, 0.4) is 0 Å². The molecule has 4 rings (SSSR count). The third-order valence-corrected chi connectivity index (χ3v) is 3.61. The molecule has 0 aliphatic heterocycles. The van der Waals surface area contributed by atoms with Crippen molar-refractivity contribution in [3.05, 3.63) is 60.7 Å². The zero-order valence-electron chi connectivity index (χ0n) is 11.6. The number of hydrogen-bond donors (Lipinski definition) is 2. The molecule has 2 aromatic carbocycles. The number of pyridine rings is 2. The third-order valence-electron chi connectivity index (χ3n) is 3.61. The normalized spacial score (nSPS) is 11.1. The van der Waals surface area contributed by atoms with E-state index in [1.807, 2.05) is 24.3 Å². The number of nitrogens with zero attached hydrogens (tertiary/aromatic N) is 2. The third kappa shape index (κ3) is 2.11. The number of fused-ring (bicyclic) bond motifs is 2. The van der Waals surface area contributed by atoms with E-state index in [9.17, 15) is 10.2 Å². The Labute approximate surface area is 126 Å². The molecular formula is C18H12N2O2. The number of rotatable bonds is 1. The van der Waals surface area contributed by atoms with E-state index in [2.05, 4.69) is 9.97 Å². The molecular weight excluding hydrogens is 276 g/mol. The number of benzene rings is 2. The van der Waals surface area contributed by atoms with Gasteiger partial charge in [0, 0.05) is 10.8 Å². The van der Waals surface area contributed by atoms with Gasteiger partial charge in [0.2, 0.25) is 0 Å². The van der Waals surface area contributed by atoms with Gasteiger partial charge in [-0.2, -0.15) is 0 Å². The van der Waals surface area contributed by atoms with Gasteiger partial charge in [0.1, 0.15) is 11.5 Å². The van der Waals surface area contributed by atoms with Crippen LogP contribution in [0.15, 0.2) is 60.7 Å². The quantitative estimate of drug-likeness (QED) is 0.558. The molecule has 2 heterocycles. The summed E-state index contributed by atoms with van der Waals surface area (Å²) in [4.78, 5) is 9.18. The van der Waals surface area contributed by atoms with Crippen LogP contribution >= 0.6 is 0 Å². The van der Waals surface area contributed by atoms with E-state index in [-0.39, 0.29) is 11.5 Å². The molecule has 0 amide bonds. The number of phenolic OH excluding ortho intramolecular Hbond substituents is 2. The van der Waals surface area contributed by atoms with Crippen molar-refractivity contribution in [1.29, 1.82) is 0 Å². The summed E-state index contributed by atoms with van der Waals surface area (Å²) in [5.41, 5.74) is 3.16. The summed E-state index contributed by atoms with van der Waals surface area (Å²) in [6, 6.07) is 17.8. The maximum absolute atomic E-state index is 9.50. The van der Waals surface area contributed by atoms with Crippen molar-refractivity contribution >= 4 is 21.8 Å². The fraction of sp³-hybridized carbons (Fsp3) is 0. The first-order chi connectivity index (χ1) is 10.7. The SMILES string of the molecule is Oc1ccc2nc(-c3ccc4cc(O)ccc4n3)ccc2c1. The van der Waals surface area contributed by atoms with E-state index < -0.39 is 0 Å². The van der Waals surface area contributed by atoms with Crippen LogP contribution in [-0.2, 0) is 0 Å². The summed E-state index contributed by atoms with van der Waals surface area (Å²) < 4.78 is 0. The molecule has 0 saturated heterocycles. The zero-order valence-corrected chi connectivity index (χ0v) is 11.6. The van der Waals surface area contributed by atoms with E-state index in [0.717, 1.165) is 33.2 Å². The van der Waals surface area contributed by atoms with Crippen LogP contribution < -0.4 is 0 Å². The second-order valence-corrected chi connectivity index (χ2v) is 5.15. The average Bonchev–Trinajstić information content (AvgIpc) is 2.54. The minimum absolute atomic E-state index is 0.227. The lowest BCUT2D eigenvalue weighted by Gasteiger charge is -2.05. The Bertz CT molecular complexity index is 929. The Hall–Kier alpha value is -3.14. The largest absolute Gasteiger partial charge is 0.508 e. The van der Waals surface area contributed by atoms with Crippen LogP contribution in [0.1, 0.15) is 0 Å². The predicted octanol–water partition coefficient (Wildman–Crippen LogP) is 3.86. The lowest BCUT2D eigenvalue weighted by atomic mass is 10.1. The van der Waals surface area contributed by atoms with Crippen LogP contribution in [0.25, 0.3) is 33.2 Å². The minimum atomic E-state index is 0.227. The van der Waals surface area contributed by atoms with Crippen LogP contribution in [0, 0.1) is 0 Å². The average molecular weight is 288 g/mol. The second-order valence-electron chi connectivity index (χ2n) is 5.15. The van der Waals surface area contributed by atoms with E-state index in [1.165, 1.54) is 0 Å². The Kier molecular flexibility index (Phi) is 2.69. The van der Waals surface area contributed by atoms with Crippen molar-refractivity contribution in [2.24, 2.45) is 0 Å². The molecule has 0 spiro atoms. The lowest BCUT2D eigenvalue weighted by Crippen LogP contribution is -1.89. The summed E-state index contributed by atoms with van der Waals surface area (Å²) in [6.07, 6.45) is 0. The van der Waals surface area contributed by atoms with Gasteiger partial charge in [-0.3, -0.25) is 0 Å². The Morgan fingerprint density at radius 2 is 1.00 bits per heavy atom. The lowest BCUT2D eigenvalue weighted by molar-refractivity contribution is 0.475. The molecule has 4 aromatic rings. The summed E-state index contributed by atoms with van der Waals surface area (Å²) >= 11 is 0. The molecule has 0 radical (unpaired) electrons. The summed E-state index contributed by atoms with van der Waals surface area (Å²) in [5, 5.41) is 20.8. The number of hydrogen-bond acceptors (Lipinski definition) is 4. The molecule has 0 aliphatic carbocycles. The first-order valence-corrected chi connectivity index (χ1v) is 6.89. The van der Waals surface area contributed by atoms with Gasteiger partial charge in [-0.15, -0.1) is 0 Å². The first-order valence-electron chi connectivity index (χ1n) is 6.89. The van der Waals surface area contributed by atoms with Crippen LogP contribution in [0.2, 0.25) is 0 Å². The highest BCUT2D eigenvalue weighted by molar-refractivity contribution is 5.85. The molecule has 2 N–H and O–H groups in total. The topological polar surface area (TPSA) is 66.2 Å². The molecule has 0 fully saturated rings. The molecule has 0 unspecified atom stereocenters. The van der Waals surface area contributed by atoms with E-state index >= 15 is 0 Å². The van der Waals surface area contributed by atoms with Crippen LogP contribution in [0.5, 0.6) is 11.5 Å². The molecule has 106 valence electrons. The van der Waals surface area contributed by atoms with E-state index in [4.69, 9.17) is 0 Å². The number of aromatic nitrogens is 2. The molecule has 4 nitrogen and oxygen atoms in total. The minimum Gasteiger partial charge on any atom is -0.508 e. The predicted molar refractivity (Wildman–Crippen MR) is 85.8 cm³/mol. The Morgan fingerprint density at radius 1 is 0.545 bits per heavy atom. The molecule has 0 bridgehead atoms. The fourth-order valence-corrected chi connectivity index (χ4v) is 2.51. The van der Waals surface area contributed by atoms with E-state index in [0.29, 0.717) is 0 Å². The first kappa shape index (κ1) is 12.6. The molecule has 2 aromatic heterocycles. The highest BCUT2D eigenvalue weighted by Crippen LogP contribution is 2.25. The van der Waals surface area contributed by atoms with Gasteiger partial charge < -0.3 is 10.2 Å². The Balaban J connectivity index is 1.87. The van der Waals surface area contributed by atoms with Gasteiger partial charge in [0.15, 0.2) is 0 Å². The van der Waals surface area contributed by atoms with Crippen LogP contribution in [0.4, 0.5) is 0 Å². The van der Waals surface area contributed by atoms with Gasteiger partial charge in [0.05, 0.1) is 22.4 Å².